The minimum atomic E-state index is -3.63. The number of nitrogens with one attached hydrogen (secondary N) is 1. The van der Waals surface area contributed by atoms with Gasteiger partial charge in [0.05, 0.1) is 11.8 Å². The molecule has 1 N–H and O–H groups in total. The summed E-state index contributed by atoms with van der Waals surface area (Å²) in [6.07, 6.45) is 2.52. The van der Waals surface area contributed by atoms with E-state index in [0.29, 0.717) is 31.7 Å². The third kappa shape index (κ3) is 4.30. The lowest BCUT2D eigenvalue weighted by molar-refractivity contribution is -0.130. The normalized spacial score (nSPS) is 25.3. The molecule has 10 nitrogen and oxygen atoms in total. The number of aromatic nitrogens is 2. The molecule has 2 atom stereocenters. The molecule has 0 radical (unpaired) electrons. The molecule has 11 heteroatoms. The lowest BCUT2D eigenvalue weighted by atomic mass is 10.1. The monoisotopic (exact) mass is 399 g/mol. The maximum atomic E-state index is 12.9. The second-order valence-electron chi connectivity index (χ2n) is 6.86. The number of ether oxygens (including phenoxy) is 1. The van der Waals surface area contributed by atoms with Crippen LogP contribution < -0.4 is 5.32 Å². The fourth-order valence-electron chi connectivity index (χ4n) is 3.56. The molecule has 2 aliphatic rings. The van der Waals surface area contributed by atoms with E-state index < -0.39 is 22.0 Å². The van der Waals surface area contributed by atoms with Gasteiger partial charge in [-0.1, -0.05) is 0 Å². The zero-order valence-corrected chi connectivity index (χ0v) is 16.3. The molecule has 0 spiro atoms. The van der Waals surface area contributed by atoms with E-state index in [1.165, 1.54) is 7.11 Å². The summed E-state index contributed by atoms with van der Waals surface area (Å²) in [4.78, 5) is 27.0. The predicted octanol–water partition coefficient (Wildman–Crippen LogP) is -1.20. The first-order valence-electron chi connectivity index (χ1n) is 8.89. The third-order valence-electron chi connectivity index (χ3n) is 4.90. The molecule has 0 aliphatic carbocycles. The Morgan fingerprint density at radius 2 is 2.22 bits per heavy atom. The topological polar surface area (TPSA) is 114 Å². The average molecular weight is 399 g/mol. The van der Waals surface area contributed by atoms with Crippen molar-refractivity contribution < 1.29 is 22.7 Å². The Hall–Kier alpha value is -1.98. The maximum absolute atomic E-state index is 12.9. The SMILES string of the molecule is COCCCN1C(=O)[C@@H]2C[C@H](NC(=O)c3ccn(C)n3)CN2CCS1(=O)=O. The van der Waals surface area contributed by atoms with Crippen molar-refractivity contribution in [1.29, 1.82) is 0 Å². The van der Waals surface area contributed by atoms with Crippen molar-refractivity contribution >= 4 is 21.8 Å². The Kier molecular flexibility index (Phi) is 5.82. The number of sulfonamides is 1. The molecule has 2 saturated heterocycles. The van der Waals surface area contributed by atoms with Crippen LogP contribution in [-0.2, 0) is 26.6 Å². The molecule has 0 bridgehead atoms. The lowest BCUT2D eigenvalue weighted by Gasteiger charge is -2.23. The summed E-state index contributed by atoms with van der Waals surface area (Å²) in [5, 5.41) is 6.97. The number of nitrogens with zero attached hydrogens (tertiary/aromatic N) is 4. The van der Waals surface area contributed by atoms with Crippen LogP contribution in [0.3, 0.4) is 0 Å². The van der Waals surface area contributed by atoms with Gasteiger partial charge in [0, 0.05) is 52.6 Å². The van der Waals surface area contributed by atoms with Crippen LogP contribution in [0.2, 0.25) is 0 Å². The number of amides is 2. The zero-order chi connectivity index (χ0) is 19.6. The van der Waals surface area contributed by atoms with Gasteiger partial charge < -0.3 is 10.1 Å². The summed E-state index contributed by atoms with van der Waals surface area (Å²) in [7, 11) is -0.362. The number of hydrogen-bond donors (Lipinski definition) is 1. The molecule has 0 saturated carbocycles. The highest BCUT2D eigenvalue weighted by molar-refractivity contribution is 7.89. The molecular formula is C16H25N5O5S. The molecular weight excluding hydrogens is 374 g/mol. The first-order valence-corrected chi connectivity index (χ1v) is 10.5. The first-order chi connectivity index (χ1) is 12.8. The van der Waals surface area contributed by atoms with Crippen molar-refractivity contribution in [3.63, 3.8) is 0 Å². The van der Waals surface area contributed by atoms with E-state index in [1.54, 1.807) is 24.0 Å². The Bertz CT molecular complexity index is 808. The minimum Gasteiger partial charge on any atom is -0.385 e. The van der Waals surface area contributed by atoms with Crippen LogP contribution in [0.4, 0.5) is 0 Å². The number of hydrogen-bond acceptors (Lipinski definition) is 7. The highest BCUT2D eigenvalue weighted by Crippen LogP contribution is 2.25. The van der Waals surface area contributed by atoms with E-state index in [-0.39, 0.29) is 30.8 Å². The van der Waals surface area contributed by atoms with E-state index in [4.69, 9.17) is 4.74 Å². The largest absolute Gasteiger partial charge is 0.385 e. The highest BCUT2D eigenvalue weighted by Gasteiger charge is 2.45. The molecule has 2 fully saturated rings. The minimum absolute atomic E-state index is 0.108. The fraction of sp³-hybridized carbons (Fsp3) is 0.688. The van der Waals surface area contributed by atoms with E-state index in [9.17, 15) is 18.0 Å². The van der Waals surface area contributed by atoms with E-state index in [0.717, 1.165) is 4.31 Å². The van der Waals surface area contributed by atoms with E-state index in [2.05, 4.69) is 10.4 Å². The van der Waals surface area contributed by atoms with Crippen LogP contribution in [-0.4, -0.2) is 90.4 Å². The first kappa shape index (κ1) is 19.8. The number of fused-ring (bicyclic) bond motifs is 1. The predicted molar refractivity (Wildman–Crippen MR) is 96.4 cm³/mol. The number of methoxy groups -OCH3 is 1. The number of aryl methyl sites for hydroxylation is 1. The van der Waals surface area contributed by atoms with Crippen molar-refractivity contribution in [3.05, 3.63) is 18.0 Å². The molecule has 1 aromatic heterocycles. The molecule has 150 valence electrons. The van der Waals surface area contributed by atoms with Crippen molar-refractivity contribution in [2.24, 2.45) is 7.05 Å². The summed E-state index contributed by atoms with van der Waals surface area (Å²) in [6, 6.07) is 0.853. The Morgan fingerprint density at radius 1 is 1.44 bits per heavy atom. The average Bonchev–Trinajstić information content (AvgIpc) is 3.20. The molecule has 1 aromatic rings. The quantitative estimate of drug-likeness (QED) is 0.598. The molecule has 2 aliphatic heterocycles. The molecule has 27 heavy (non-hydrogen) atoms. The number of carbonyl (C=O) groups is 2. The van der Waals surface area contributed by atoms with Crippen LogP contribution in [0, 0.1) is 0 Å². The van der Waals surface area contributed by atoms with Gasteiger partial charge in [0.15, 0.2) is 0 Å². The molecule has 0 aromatic carbocycles. The summed E-state index contributed by atoms with van der Waals surface area (Å²) >= 11 is 0. The fourth-order valence-corrected chi connectivity index (χ4v) is 5.04. The van der Waals surface area contributed by atoms with Crippen LogP contribution in [0.1, 0.15) is 23.3 Å². The molecule has 0 unspecified atom stereocenters. The number of carbonyl (C=O) groups excluding carboxylic acids is 2. The van der Waals surface area contributed by atoms with Gasteiger partial charge in [0.2, 0.25) is 10.0 Å². The van der Waals surface area contributed by atoms with Crippen LogP contribution in [0.15, 0.2) is 12.3 Å². The Morgan fingerprint density at radius 3 is 2.89 bits per heavy atom. The second-order valence-corrected chi connectivity index (χ2v) is 8.88. The van der Waals surface area contributed by atoms with E-state index >= 15 is 0 Å². The molecule has 3 rings (SSSR count). The number of rotatable bonds is 6. The summed E-state index contributed by atoms with van der Waals surface area (Å²) < 4.78 is 32.4. The lowest BCUT2D eigenvalue weighted by Crippen LogP contribution is -2.44. The van der Waals surface area contributed by atoms with Gasteiger partial charge in [-0.2, -0.15) is 5.10 Å². The van der Waals surface area contributed by atoms with Crippen molar-refractivity contribution in [2.75, 3.05) is 39.1 Å². The van der Waals surface area contributed by atoms with Crippen molar-refractivity contribution in [2.45, 2.75) is 24.9 Å². The van der Waals surface area contributed by atoms with Gasteiger partial charge in [-0.15, -0.1) is 0 Å². The standard InChI is InChI=1S/C16H25N5O5S/c1-19-6-4-13(18-19)15(22)17-12-10-14-16(23)21(5-3-8-26-2)27(24,25)9-7-20(14)11-12/h4,6,12,14H,3,5,7-11H2,1-2H3,(H,17,22)/t12-,14-/m0/s1. The van der Waals surface area contributed by atoms with Gasteiger partial charge in [-0.3, -0.25) is 19.2 Å². The molecule has 2 amide bonds. The van der Waals surface area contributed by atoms with Crippen molar-refractivity contribution in [1.82, 2.24) is 24.3 Å². The highest BCUT2D eigenvalue weighted by atomic mass is 32.2. The summed E-state index contributed by atoms with van der Waals surface area (Å²) in [5.41, 5.74) is 0.315. The van der Waals surface area contributed by atoms with Crippen LogP contribution in [0.25, 0.3) is 0 Å². The van der Waals surface area contributed by atoms with Crippen LogP contribution in [0.5, 0.6) is 0 Å². The maximum Gasteiger partial charge on any atom is 0.272 e. The second kappa shape index (κ2) is 7.95. The van der Waals surface area contributed by atoms with Gasteiger partial charge in [0.1, 0.15) is 5.69 Å². The van der Waals surface area contributed by atoms with Crippen molar-refractivity contribution in [3.8, 4) is 0 Å². The van der Waals surface area contributed by atoms with Crippen LogP contribution >= 0.6 is 0 Å². The zero-order valence-electron chi connectivity index (χ0n) is 15.5. The summed E-state index contributed by atoms with van der Waals surface area (Å²) in [5.74, 6) is -0.822. The van der Waals surface area contributed by atoms with E-state index in [1.807, 2.05) is 4.90 Å². The van der Waals surface area contributed by atoms with Gasteiger partial charge in [0.25, 0.3) is 11.8 Å². The van der Waals surface area contributed by atoms with Gasteiger partial charge in [-0.25, -0.2) is 12.7 Å². The Labute approximate surface area is 158 Å². The van der Waals surface area contributed by atoms with Gasteiger partial charge >= 0.3 is 0 Å². The smallest absolute Gasteiger partial charge is 0.272 e. The Balaban J connectivity index is 1.67. The third-order valence-corrected chi connectivity index (χ3v) is 6.63. The van der Waals surface area contributed by atoms with Gasteiger partial charge in [-0.05, 0) is 18.9 Å². The summed E-state index contributed by atoms with van der Waals surface area (Å²) in [6.45, 7) is 1.21. The molecule has 3 heterocycles.